The molecule has 1 saturated heterocycles. The van der Waals surface area contributed by atoms with Crippen LogP contribution in [0.15, 0.2) is 72.6 Å². The van der Waals surface area contributed by atoms with Gasteiger partial charge in [-0.2, -0.15) is 0 Å². The molecule has 2 aliphatic heterocycles. The third kappa shape index (κ3) is 4.94. The van der Waals surface area contributed by atoms with E-state index in [-0.39, 0.29) is 24.0 Å². The molecule has 7 nitrogen and oxygen atoms in total. The van der Waals surface area contributed by atoms with Crippen molar-refractivity contribution >= 4 is 17.4 Å². The number of rotatable bonds is 8. The highest BCUT2D eigenvalue weighted by atomic mass is 16.5. The van der Waals surface area contributed by atoms with Crippen molar-refractivity contribution in [2.45, 2.75) is 51.8 Å². The number of likely N-dealkylation sites (tertiary alicyclic amines) is 1. The molecule has 0 radical (unpaired) electrons. The Kier molecular flexibility index (Phi) is 6.95. The van der Waals surface area contributed by atoms with Crippen LogP contribution < -0.4 is 9.47 Å². The number of carbonyl (C=O) groups excluding carboxylic acids is 2. The Morgan fingerprint density at radius 2 is 1.95 bits per heavy atom. The fourth-order valence-corrected chi connectivity index (χ4v) is 4.91. The molecule has 0 saturated carbocycles. The minimum Gasteiger partial charge on any atom is -0.507 e. The molecule has 1 fully saturated rings. The smallest absolute Gasteiger partial charge is 0.295 e. The first-order valence-corrected chi connectivity index (χ1v) is 12.7. The number of amides is 1. The van der Waals surface area contributed by atoms with Gasteiger partial charge in [-0.3, -0.25) is 14.6 Å². The zero-order valence-electron chi connectivity index (χ0n) is 21.0. The van der Waals surface area contributed by atoms with E-state index < -0.39 is 17.7 Å². The first-order chi connectivity index (χ1) is 18.0. The van der Waals surface area contributed by atoms with E-state index in [9.17, 15) is 14.7 Å². The van der Waals surface area contributed by atoms with Crippen molar-refractivity contribution in [2.24, 2.45) is 0 Å². The molecule has 1 amide bonds. The first-order valence-electron chi connectivity index (χ1n) is 12.7. The van der Waals surface area contributed by atoms with Crippen LogP contribution in [0.4, 0.5) is 0 Å². The average molecular weight is 499 g/mol. The Morgan fingerprint density at radius 1 is 1.14 bits per heavy atom. The van der Waals surface area contributed by atoms with E-state index in [1.807, 2.05) is 49.4 Å². The normalized spacial score (nSPS) is 20.1. The molecule has 2 aromatic carbocycles. The summed E-state index contributed by atoms with van der Waals surface area (Å²) < 4.78 is 11.7. The van der Waals surface area contributed by atoms with Crippen molar-refractivity contribution in [1.29, 1.82) is 0 Å². The molecule has 0 spiro atoms. The van der Waals surface area contributed by atoms with Crippen molar-refractivity contribution < 1.29 is 24.2 Å². The van der Waals surface area contributed by atoms with E-state index in [0.717, 1.165) is 29.7 Å². The lowest BCUT2D eigenvalue weighted by molar-refractivity contribution is -0.140. The summed E-state index contributed by atoms with van der Waals surface area (Å²) in [5, 5.41) is 11.5. The van der Waals surface area contributed by atoms with Crippen LogP contribution in [0.2, 0.25) is 0 Å². The van der Waals surface area contributed by atoms with Gasteiger partial charge in [-0.15, -0.1) is 0 Å². The first kappa shape index (κ1) is 24.6. The van der Waals surface area contributed by atoms with Crippen LogP contribution in [-0.2, 0) is 22.6 Å². The lowest BCUT2D eigenvalue weighted by Crippen LogP contribution is -2.29. The number of carbonyl (C=O) groups is 2. The van der Waals surface area contributed by atoms with Crippen LogP contribution in [0.25, 0.3) is 5.76 Å². The summed E-state index contributed by atoms with van der Waals surface area (Å²) in [6.45, 7) is 4.86. The third-order valence-corrected chi connectivity index (χ3v) is 6.75. The number of aliphatic hydroxyl groups excluding tert-OH is 1. The largest absolute Gasteiger partial charge is 0.507 e. The topological polar surface area (TPSA) is 89.0 Å². The number of Topliss-reactive ketones (excluding diaryl/α,β-unsaturated/α-hetero) is 1. The van der Waals surface area contributed by atoms with Gasteiger partial charge in [0, 0.05) is 30.9 Å². The predicted octanol–water partition coefficient (Wildman–Crippen LogP) is 5.21. The van der Waals surface area contributed by atoms with E-state index in [1.54, 1.807) is 24.5 Å². The minimum absolute atomic E-state index is 0.0498. The molecule has 3 aromatic rings. The standard InChI is InChI=1S/C30H30N2O5/c1-3-4-14-36-24-7-5-6-21(17-24)27-26(28(33)22-8-9-25-23(16-22)15-19(2)37-25)29(34)30(35)32(27)18-20-10-12-31-13-11-20/h5-13,16-17,19,27,33H,3-4,14-15,18H2,1-2H3/t19-,27-/m0/s1. The van der Waals surface area contributed by atoms with Crippen LogP contribution in [0.1, 0.15) is 55.0 Å². The summed E-state index contributed by atoms with van der Waals surface area (Å²) in [5.74, 6) is -0.127. The maximum atomic E-state index is 13.4. The number of nitrogens with zero attached hydrogens (tertiary/aromatic N) is 2. The van der Waals surface area contributed by atoms with Crippen molar-refractivity contribution in [3.63, 3.8) is 0 Å². The highest BCUT2D eigenvalue weighted by Gasteiger charge is 2.46. The van der Waals surface area contributed by atoms with E-state index in [4.69, 9.17) is 9.47 Å². The molecule has 3 heterocycles. The van der Waals surface area contributed by atoms with Gasteiger partial charge in [-0.25, -0.2) is 0 Å². The number of benzene rings is 2. The van der Waals surface area contributed by atoms with Crippen molar-refractivity contribution in [3.05, 3.63) is 94.8 Å². The van der Waals surface area contributed by atoms with E-state index in [0.29, 0.717) is 29.9 Å². The quantitative estimate of drug-likeness (QED) is 0.199. The number of aliphatic hydroxyl groups is 1. The number of pyridine rings is 1. The molecule has 2 atom stereocenters. The molecule has 1 aromatic heterocycles. The Balaban J connectivity index is 1.59. The number of ketones is 1. The Labute approximate surface area is 216 Å². The second kappa shape index (κ2) is 10.5. The summed E-state index contributed by atoms with van der Waals surface area (Å²) in [5.41, 5.74) is 3.05. The van der Waals surface area contributed by atoms with Crippen molar-refractivity contribution in [3.8, 4) is 11.5 Å². The third-order valence-electron chi connectivity index (χ3n) is 6.75. The summed E-state index contributed by atoms with van der Waals surface area (Å²) in [4.78, 5) is 32.3. The highest BCUT2D eigenvalue weighted by Crippen LogP contribution is 2.42. The zero-order valence-corrected chi connectivity index (χ0v) is 21.0. The van der Waals surface area contributed by atoms with Gasteiger partial charge >= 0.3 is 0 Å². The van der Waals surface area contributed by atoms with Crippen LogP contribution in [-0.4, -0.2) is 39.4 Å². The summed E-state index contributed by atoms with van der Waals surface area (Å²) >= 11 is 0. The molecule has 7 heteroatoms. The molecule has 2 aliphatic rings. The Bertz CT molecular complexity index is 1350. The molecule has 37 heavy (non-hydrogen) atoms. The van der Waals surface area contributed by atoms with E-state index in [1.165, 1.54) is 4.90 Å². The van der Waals surface area contributed by atoms with Crippen LogP contribution >= 0.6 is 0 Å². The lowest BCUT2D eigenvalue weighted by Gasteiger charge is -2.26. The maximum Gasteiger partial charge on any atom is 0.295 e. The van der Waals surface area contributed by atoms with Crippen LogP contribution in [0.5, 0.6) is 11.5 Å². The molecular weight excluding hydrogens is 468 g/mol. The number of hydrogen-bond acceptors (Lipinski definition) is 6. The molecule has 0 bridgehead atoms. The fraction of sp³-hybridized carbons (Fsp3) is 0.300. The SMILES string of the molecule is CCCCOc1cccc([C@H]2C(=C(O)c3ccc4c(c3)C[C@H](C)O4)C(=O)C(=O)N2Cc2ccncc2)c1. The van der Waals surface area contributed by atoms with Gasteiger partial charge < -0.3 is 19.5 Å². The minimum atomic E-state index is -0.772. The summed E-state index contributed by atoms with van der Waals surface area (Å²) in [6, 6.07) is 15.6. The number of unbranched alkanes of at least 4 members (excludes halogenated alkanes) is 1. The molecule has 0 unspecified atom stereocenters. The van der Waals surface area contributed by atoms with Gasteiger partial charge in [0.05, 0.1) is 18.2 Å². The number of aromatic nitrogens is 1. The van der Waals surface area contributed by atoms with Crippen molar-refractivity contribution in [2.75, 3.05) is 6.61 Å². The molecule has 1 N–H and O–H groups in total. The van der Waals surface area contributed by atoms with Crippen LogP contribution in [0.3, 0.4) is 0 Å². The molecule has 5 rings (SSSR count). The fourth-order valence-electron chi connectivity index (χ4n) is 4.91. The Morgan fingerprint density at radius 3 is 2.73 bits per heavy atom. The van der Waals surface area contributed by atoms with E-state index >= 15 is 0 Å². The second-order valence-corrected chi connectivity index (χ2v) is 9.51. The maximum absolute atomic E-state index is 13.4. The van der Waals surface area contributed by atoms with Crippen LogP contribution in [0, 0.1) is 0 Å². The van der Waals surface area contributed by atoms with Gasteiger partial charge in [-0.05, 0) is 72.5 Å². The van der Waals surface area contributed by atoms with Crippen molar-refractivity contribution in [1.82, 2.24) is 9.88 Å². The summed E-state index contributed by atoms with van der Waals surface area (Å²) in [6.07, 6.45) is 6.00. The number of ether oxygens (including phenoxy) is 2. The van der Waals surface area contributed by atoms with E-state index in [2.05, 4.69) is 11.9 Å². The Hall–Kier alpha value is -4.13. The number of hydrogen-bond donors (Lipinski definition) is 1. The zero-order chi connectivity index (χ0) is 25.9. The molecule has 0 aliphatic carbocycles. The molecule has 190 valence electrons. The summed E-state index contributed by atoms with van der Waals surface area (Å²) in [7, 11) is 0. The average Bonchev–Trinajstić information content (AvgIpc) is 3.40. The van der Waals surface area contributed by atoms with Gasteiger partial charge in [0.2, 0.25) is 0 Å². The molecular formula is C30H30N2O5. The predicted molar refractivity (Wildman–Crippen MR) is 139 cm³/mol. The van der Waals surface area contributed by atoms with Gasteiger partial charge in [0.1, 0.15) is 23.4 Å². The number of fused-ring (bicyclic) bond motifs is 1. The van der Waals surface area contributed by atoms with Gasteiger partial charge in [0.25, 0.3) is 11.7 Å². The van der Waals surface area contributed by atoms with Gasteiger partial charge in [0.15, 0.2) is 0 Å². The second-order valence-electron chi connectivity index (χ2n) is 9.51. The monoisotopic (exact) mass is 498 g/mol. The van der Waals surface area contributed by atoms with Gasteiger partial charge in [-0.1, -0.05) is 25.5 Å². The lowest BCUT2D eigenvalue weighted by atomic mass is 9.94. The highest BCUT2D eigenvalue weighted by molar-refractivity contribution is 6.46.